The van der Waals surface area contributed by atoms with Crippen molar-refractivity contribution < 1.29 is 0 Å². The third-order valence-corrected chi connectivity index (χ3v) is 15.3. The van der Waals surface area contributed by atoms with E-state index < -0.39 is 0 Å². The predicted octanol–water partition coefficient (Wildman–Crippen LogP) is 15.3. The molecule has 0 unspecified atom stereocenters. The molecule has 0 N–H and O–H groups in total. The molecule has 63 heavy (non-hydrogen) atoms. The molecule has 8 aromatic carbocycles. The average molecular weight is 830 g/mol. The average Bonchev–Trinajstić information content (AvgIpc) is 3.97. The van der Waals surface area contributed by atoms with Crippen LogP contribution in [-0.4, -0.2) is 24.1 Å². The number of nitrogens with zero attached hydrogens (tertiary/aromatic N) is 5. The molecule has 0 amide bonds. The number of hydrogen-bond donors (Lipinski definition) is 0. The van der Waals surface area contributed by atoms with Gasteiger partial charge in [0.05, 0.1) is 22.1 Å². The van der Waals surface area contributed by atoms with Gasteiger partial charge in [0.25, 0.3) is 0 Å². The van der Waals surface area contributed by atoms with Crippen molar-refractivity contribution in [3.05, 3.63) is 175 Å². The van der Waals surface area contributed by atoms with Crippen molar-refractivity contribution in [1.82, 2.24) is 24.1 Å². The van der Waals surface area contributed by atoms with E-state index in [1.807, 2.05) is 0 Å². The van der Waals surface area contributed by atoms with Gasteiger partial charge in [0.15, 0.2) is 11.6 Å². The van der Waals surface area contributed by atoms with E-state index in [-0.39, 0.29) is 10.8 Å². The van der Waals surface area contributed by atoms with E-state index >= 15 is 0 Å². The molecule has 0 saturated heterocycles. The summed E-state index contributed by atoms with van der Waals surface area (Å²) < 4.78 is 7.20. The molecule has 6 heteroatoms. The number of benzene rings is 8. The third-order valence-electron chi connectivity index (χ3n) is 14.1. The van der Waals surface area contributed by atoms with Crippen LogP contribution in [0.15, 0.2) is 164 Å². The second-order valence-electron chi connectivity index (χ2n) is 18.6. The highest BCUT2D eigenvalue weighted by atomic mass is 32.1. The van der Waals surface area contributed by atoms with Crippen molar-refractivity contribution >= 4 is 85.9 Å². The van der Waals surface area contributed by atoms with Gasteiger partial charge in [0, 0.05) is 58.5 Å². The Bertz CT molecular complexity index is 3860. The molecular formula is C57H43N5S. The van der Waals surface area contributed by atoms with Crippen molar-refractivity contribution in [2.24, 2.45) is 0 Å². The molecule has 1 aliphatic carbocycles. The van der Waals surface area contributed by atoms with Crippen LogP contribution in [0.3, 0.4) is 0 Å². The smallest absolute Gasteiger partial charge is 0.238 e. The first-order chi connectivity index (χ1) is 30.7. The Morgan fingerprint density at radius 1 is 0.444 bits per heavy atom. The van der Waals surface area contributed by atoms with E-state index in [1.54, 1.807) is 11.3 Å². The maximum atomic E-state index is 5.59. The van der Waals surface area contributed by atoms with Gasteiger partial charge in [0.2, 0.25) is 5.95 Å². The minimum absolute atomic E-state index is 0.00577. The van der Waals surface area contributed by atoms with Gasteiger partial charge in [-0.25, -0.2) is 4.98 Å². The van der Waals surface area contributed by atoms with E-state index in [0.717, 1.165) is 51.5 Å². The fraction of sp³-hybridized carbons (Fsp3) is 0.140. The van der Waals surface area contributed by atoms with E-state index in [2.05, 4.69) is 201 Å². The molecule has 0 atom stereocenters. The zero-order valence-electron chi connectivity index (χ0n) is 35.6. The highest BCUT2D eigenvalue weighted by molar-refractivity contribution is 7.26. The fourth-order valence-corrected chi connectivity index (χ4v) is 12.0. The molecular weight excluding hydrogens is 787 g/mol. The number of thiophene rings is 1. The number of para-hydroxylation sites is 2. The summed E-state index contributed by atoms with van der Waals surface area (Å²) in [4.78, 5) is 16.6. The van der Waals surface area contributed by atoms with Crippen molar-refractivity contribution in [2.75, 3.05) is 0 Å². The van der Waals surface area contributed by atoms with Crippen LogP contribution in [-0.2, 0) is 10.8 Å². The Morgan fingerprint density at radius 3 is 1.84 bits per heavy atom. The third kappa shape index (κ3) is 5.31. The molecule has 0 spiro atoms. The lowest BCUT2D eigenvalue weighted by Gasteiger charge is -2.42. The maximum absolute atomic E-state index is 5.59. The molecule has 5 nitrogen and oxygen atoms in total. The van der Waals surface area contributed by atoms with Crippen molar-refractivity contribution in [2.45, 2.75) is 51.4 Å². The number of hydrogen-bond acceptors (Lipinski definition) is 4. The van der Waals surface area contributed by atoms with Gasteiger partial charge >= 0.3 is 0 Å². The van der Waals surface area contributed by atoms with Crippen LogP contribution >= 0.6 is 11.3 Å². The van der Waals surface area contributed by atoms with E-state index in [0.29, 0.717) is 17.6 Å². The lowest BCUT2D eigenvalue weighted by molar-refractivity contribution is 0.332. The molecule has 4 heterocycles. The van der Waals surface area contributed by atoms with Gasteiger partial charge in [-0.2, -0.15) is 9.97 Å². The van der Waals surface area contributed by atoms with Crippen molar-refractivity contribution in [3.63, 3.8) is 0 Å². The second kappa shape index (κ2) is 13.2. The number of aromatic nitrogens is 5. The van der Waals surface area contributed by atoms with Crippen LogP contribution in [0.2, 0.25) is 0 Å². The van der Waals surface area contributed by atoms with E-state index in [1.165, 1.54) is 63.9 Å². The summed E-state index contributed by atoms with van der Waals surface area (Å²) in [6.45, 7) is 9.67. The Balaban J connectivity index is 1.20. The molecule has 0 bridgehead atoms. The first kappa shape index (κ1) is 36.5. The van der Waals surface area contributed by atoms with Gasteiger partial charge in [-0.1, -0.05) is 137 Å². The molecule has 13 rings (SSSR count). The standard InChI is InChI=1S/C57H43N5S/c1-56(2)30-31-57(3,4)44-33-48-42(32-43(44)56)51-47(29-28-46-50(51)40-22-10-12-26-45(40)61(46)35-18-6-5-7-19-35)62(48)55-59-53(39-24-14-17-34-16-8-9-20-36(34)39)58-54(60-55)41-25-15-23-38-37-21-11-13-27-49(37)63-52(38)41/h5-29,32-33H,30-31H2,1-4H3. The first-order valence-corrected chi connectivity index (χ1v) is 22.8. The lowest BCUT2D eigenvalue weighted by Crippen LogP contribution is -2.33. The topological polar surface area (TPSA) is 48.5 Å². The van der Waals surface area contributed by atoms with Gasteiger partial charge in [-0.05, 0) is 100 Å². The Hall–Kier alpha value is -7.15. The summed E-state index contributed by atoms with van der Waals surface area (Å²) in [6.07, 6.45) is 2.25. The van der Waals surface area contributed by atoms with Crippen LogP contribution in [0.4, 0.5) is 0 Å². The Labute approximate surface area is 368 Å². The minimum atomic E-state index is -0.00577. The fourth-order valence-electron chi connectivity index (χ4n) is 10.7. The minimum Gasteiger partial charge on any atom is -0.309 e. The van der Waals surface area contributed by atoms with Gasteiger partial charge in [-0.15, -0.1) is 11.3 Å². The highest BCUT2D eigenvalue weighted by Crippen LogP contribution is 2.50. The van der Waals surface area contributed by atoms with Crippen LogP contribution in [0.25, 0.3) is 109 Å². The van der Waals surface area contributed by atoms with Crippen LogP contribution in [0.5, 0.6) is 0 Å². The quantitative estimate of drug-likeness (QED) is 0.178. The van der Waals surface area contributed by atoms with E-state index in [4.69, 9.17) is 15.0 Å². The first-order valence-electron chi connectivity index (χ1n) is 22.0. The monoisotopic (exact) mass is 829 g/mol. The number of fused-ring (bicyclic) bond motifs is 12. The highest BCUT2D eigenvalue weighted by Gasteiger charge is 2.38. The van der Waals surface area contributed by atoms with Crippen molar-refractivity contribution in [1.29, 1.82) is 0 Å². The van der Waals surface area contributed by atoms with Crippen LogP contribution in [0, 0.1) is 0 Å². The van der Waals surface area contributed by atoms with Crippen LogP contribution < -0.4 is 0 Å². The normalized spacial score (nSPS) is 14.8. The molecule has 0 fully saturated rings. The summed E-state index contributed by atoms with van der Waals surface area (Å²) in [6, 6.07) is 59.4. The van der Waals surface area contributed by atoms with Crippen molar-refractivity contribution in [3.8, 4) is 34.4 Å². The van der Waals surface area contributed by atoms with E-state index in [9.17, 15) is 0 Å². The SMILES string of the molecule is CC1(C)CCC(C)(C)c2cc3c(cc21)c1c2c4ccccc4n(-c4ccccc4)c2ccc1n3-c1nc(-c2cccc3ccccc23)nc(-c2cccc3c2sc2ccccc23)n1. The summed E-state index contributed by atoms with van der Waals surface area (Å²) in [5.41, 5.74) is 10.5. The largest absolute Gasteiger partial charge is 0.309 e. The predicted molar refractivity (Wildman–Crippen MR) is 265 cm³/mol. The molecule has 0 radical (unpaired) electrons. The Morgan fingerprint density at radius 2 is 1.03 bits per heavy atom. The summed E-state index contributed by atoms with van der Waals surface area (Å²) >= 11 is 1.80. The molecule has 4 aromatic heterocycles. The molecule has 0 aliphatic heterocycles. The molecule has 302 valence electrons. The van der Waals surface area contributed by atoms with Gasteiger partial charge < -0.3 is 4.57 Å². The lowest BCUT2D eigenvalue weighted by atomic mass is 9.63. The molecule has 12 aromatic rings. The Kier molecular flexibility index (Phi) is 7.64. The summed E-state index contributed by atoms with van der Waals surface area (Å²) in [7, 11) is 0. The summed E-state index contributed by atoms with van der Waals surface area (Å²) in [5.74, 6) is 1.93. The van der Waals surface area contributed by atoms with Crippen LogP contribution in [0.1, 0.15) is 51.7 Å². The zero-order valence-corrected chi connectivity index (χ0v) is 36.5. The maximum Gasteiger partial charge on any atom is 0.238 e. The summed E-state index contributed by atoms with van der Waals surface area (Å²) in [5, 5.41) is 9.62. The van der Waals surface area contributed by atoms with Gasteiger partial charge in [0.1, 0.15) is 0 Å². The number of rotatable bonds is 4. The molecule has 0 saturated carbocycles. The second-order valence-corrected chi connectivity index (χ2v) is 19.7. The zero-order chi connectivity index (χ0) is 42.2. The molecule has 1 aliphatic rings. The van der Waals surface area contributed by atoms with Gasteiger partial charge in [-0.3, -0.25) is 4.57 Å².